The van der Waals surface area contributed by atoms with Gasteiger partial charge in [0.05, 0.1) is 84.4 Å². The number of hydrogen-bond donors (Lipinski definition) is 3. The zero-order chi connectivity index (χ0) is 75.6. The third kappa shape index (κ3) is 10.4. The number of halogens is 32. The van der Waals surface area contributed by atoms with Crippen molar-refractivity contribution in [2.45, 2.75) is 16.8 Å². The second-order valence-corrected chi connectivity index (χ2v) is 23.0. The van der Waals surface area contributed by atoms with Gasteiger partial charge < -0.3 is 15.3 Å². The molecule has 0 radical (unpaired) electrons. The van der Waals surface area contributed by atoms with Gasteiger partial charge >= 0.3 is 0 Å². The van der Waals surface area contributed by atoms with E-state index in [4.69, 9.17) is 23.2 Å². The van der Waals surface area contributed by atoms with Crippen molar-refractivity contribution in [2.75, 3.05) is 0 Å². The molecule has 104 heavy (non-hydrogen) atoms. The van der Waals surface area contributed by atoms with Crippen molar-refractivity contribution in [3.05, 3.63) is 313 Å². The van der Waals surface area contributed by atoms with Crippen LogP contribution in [0.1, 0.15) is 44.8 Å². The molecule has 3 atom stereocenters. The van der Waals surface area contributed by atoms with Crippen LogP contribution >= 0.6 is 23.2 Å². The van der Waals surface area contributed by atoms with E-state index in [1.807, 2.05) is 0 Å². The first-order chi connectivity index (χ1) is 49.0. The fourth-order valence-electron chi connectivity index (χ4n) is 11.8. The van der Waals surface area contributed by atoms with E-state index in [1.54, 1.807) is 0 Å². The van der Waals surface area contributed by atoms with Gasteiger partial charge in [-0.2, -0.15) is 0 Å². The molecule has 0 aliphatic carbocycles. The average molecular weight is 1530 g/mol. The molecule has 12 bridgehead atoms. The van der Waals surface area contributed by atoms with E-state index in [-0.39, 0.29) is 0 Å². The van der Waals surface area contributed by atoms with Crippen LogP contribution in [0.2, 0.25) is 0 Å². The predicted molar refractivity (Wildman–Crippen MR) is 305 cm³/mol. The van der Waals surface area contributed by atoms with E-state index >= 15 is 105 Å². The van der Waals surface area contributed by atoms with Crippen molar-refractivity contribution >= 4 is 73.8 Å². The Morgan fingerprint density at radius 2 is 0.500 bits per heavy atom. The number of alkyl halides is 2. The van der Waals surface area contributed by atoms with Crippen LogP contribution in [0.5, 0.6) is 0 Å². The fraction of sp³-hybridized carbons (Fsp3) is 0.0455. The molecule has 5 aliphatic heterocycles. The third-order valence-electron chi connectivity index (χ3n) is 16.5. The minimum atomic E-state index is -2.95. The Morgan fingerprint density at radius 3 is 0.846 bits per heavy atom. The van der Waals surface area contributed by atoms with Crippen LogP contribution in [-0.4, -0.2) is 43.9 Å². The molecule has 0 saturated carbocycles. The quantitative estimate of drug-likeness (QED) is 0.0659. The number of rotatable bonds is 6. The second-order valence-electron chi connectivity index (χ2n) is 22.1. The van der Waals surface area contributed by atoms with E-state index in [2.05, 4.69) is 30.3 Å². The van der Waals surface area contributed by atoms with Crippen LogP contribution < -0.4 is 16.0 Å². The standard InChI is InChI=1S/C66H16Cl2F30N6/c67-33-34(68)66-26(32-45(79)57(91)64(98)58(92)46(32)80)20-10-8-18(103-20)24(30-41(75)53(87)62(96)54(88)42(30)76)16-6-4-14(101-16)22(28-37(71)49(83)60(94)50(84)38(28)72)12-2-1-11(99-12)21(27-35(69)47(81)59(93)48(82)36(27)70)13-3-5-15(100-13)23(29-39(73)51(85)61(95)52(86)40(29)74)17-7-9-19(102-17)25(65(33)104-66)31-43(77)55(89)63(97)56(90)44(31)78/h1-10,33-34,65,100,103-104H/b21-13-,22-12+,23-15-,24-16+,25-19-,66-26+/t33-,34-,65?/m1/s1. The number of allylic oxidation sites excluding steroid dienone is 8. The normalized spacial score (nSPS) is 21.3. The van der Waals surface area contributed by atoms with Gasteiger partial charge in [-0.25, -0.2) is 147 Å². The van der Waals surface area contributed by atoms with Crippen LogP contribution in [0.4, 0.5) is 132 Å². The summed E-state index contributed by atoms with van der Waals surface area (Å²) in [6.07, 6.45) is 2.03. The molecule has 13 rings (SSSR count). The highest BCUT2D eigenvalue weighted by atomic mass is 35.5. The van der Waals surface area contributed by atoms with Gasteiger partial charge in [-0.05, 0) is 60.7 Å². The predicted octanol–water partition coefficient (Wildman–Crippen LogP) is 17.2. The Bertz CT molecular complexity index is 5660. The number of aromatic nitrogens is 2. The number of aromatic amines is 2. The van der Waals surface area contributed by atoms with Gasteiger partial charge in [0.15, 0.2) is 140 Å². The minimum absolute atomic E-state index is 0.332. The first-order valence-electron chi connectivity index (χ1n) is 28.0. The lowest BCUT2D eigenvalue weighted by atomic mass is 9.93. The van der Waals surface area contributed by atoms with Gasteiger partial charge in [0.25, 0.3) is 0 Å². The van der Waals surface area contributed by atoms with Gasteiger partial charge in [0.2, 0.25) is 34.9 Å². The first kappa shape index (κ1) is 71.5. The largest absolute Gasteiger partial charge is 0.378 e. The molecule has 7 heterocycles. The van der Waals surface area contributed by atoms with E-state index in [9.17, 15) is 26.3 Å². The number of fused-ring (bicyclic) bond motifs is 9. The summed E-state index contributed by atoms with van der Waals surface area (Å²) in [6, 6.07) is -1.29. The lowest BCUT2D eigenvalue weighted by Crippen LogP contribution is -2.31. The summed E-state index contributed by atoms with van der Waals surface area (Å²) in [5.41, 5.74) is -35.5. The number of hydrogen-bond acceptors (Lipinski definition) is 4. The van der Waals surface area contributed by atoms with Gasteiger partial charge in [-0.3, -0.25) is 0 Å². The molecule has 1 fully saturated rings. The molecule has 3 N–H and O–H groups in total. The molecule has 1 unspecified atom stereocenters. The molecule has 38 heteroatoms. The minimum Gasteiger partial charge on any atom is -0.378 e. The summed E-state index contributed by atoms with van der Waals surface area (Å²) in [5, 5.41) is -5.59. The number of nitrogens with zero attached hydrogens (tertiary/aromatic N) is 3. The van der Waals surface area contributed by atoms with E-state index < -0.39 is 320 Å². The molecular formula is C66H16Cl2F30N6. The molecule has 534 valence electrons. The Labute approximate surface area is 564 Å². The molecule has 0 amide bonds. The van der Waals surface area contributed by atoms with Crippen LogP contribution in [-0.2, 0) is 0 Å². The van der Waals surface area contributed by atoms with Crippen LogP contribution in [0.15, 0.2) is 98.5 Å². The van der Waals surface area contributed by atoms with Crippen molar-refractivity contribution in [1.29, 1.82) is 0 Å². The van der Waals surface area contributed by atoms with Crippen molar-refractivity contribution in [1.82, 2.24) is 15.3 Å². The summed E-state index contributed by atoms with van der Waals surface area (Å²) in [5.74, 6) is -86.8. The van der Waals surface area contributed by atoms with Crippen molar-refractivity contribution in [3.8, 4) is 0 Å². The van der Waals surface area contributed by atoms with Gasteiger partial charge in [-0.15, -0.1) is 23.2 Å². The highest BCUT2D eigenvalue weighted by Gasteiger charge is 2.48. The zero-order valence-electron chi connectivity index (χ0n) is 48.9. The van der Waals surface area contributed by atoms with Crippen LogP contribution in [0.25, 0.3) is 33.4 Å². The maximum absolute atomic E-state index is 16.6. The molecule has 6 nitrogen and oxygen atoms in total. The summed E-state index contributed by atoms with van der Waals surface area (Å²) in [6.45, 7) is 0. The maximum Gasteiger partial charge on any atom is 0.200 e. The summed E-state index contributed by atoms with van der Waals surface area (Å²) in [7, 11) is 0. The van der Waals surface area contributed by atoms with Crippen LogP contribution in [0, 0.1) is 175 Å². The SMILES string of the molecule is Fc1c(F)c(F)c(/C2=C3\C=CC(=N3)/C(c3c(F)c(F)c(F)c(F)c3F)=c3\cc/c([nH]3)=C(/c3c(F)c(F)c(F)c(F)c3F)C3=N/C(=C(/c4c(F)c(F)c(F)c(F)c4F)C4N/C(=C(/c5c(F)c(F)c(F)c(F)c5F)c5ccc([nH]5)/C(c5c(F)c(F)c(F)c(F)c5F)=C5/C=CC2=N5)[C@H](Cl)[C@H]4Cl)C=C3)c(F)c1F. The Hall–Kier alpha value is -10.9. The van der Waals surface area contributed by atoms with E-state index in [0.717, 1.165) is 0 Å². The summed E-state index contributed by atoms with van der Waals surface area (Å²) in [4.78, 5) is 15.8. The number of H-pyrrole nitrogens is 2. The maximum atomic E-state index is 16.6. The van der Waals surface area contributed by atoms with E-state index in [1.165, 1.54) is 0 Å². The third-order valence-corrected chi connectivity index (χ3v) is 17.6. The Kier molecular flexibility index (Phi) is 17.5. The average Bonchev–Trinajstić information content (AvgIpc) is 1.52. The second kappa shape index (κ2) is 25.5. The van der Waals surface area contributed by atoms with Gasteiger partial charge in [0.1, 0.15) is 0 Å². The molecule has 5 aliphatic rings. The monoisotopic (exact) mass is 1530 g/mol. The molecule has 8 aromatic rings. The van der Waals surface area contributed by atoms with Crippen molar-refractivity contribution in [3.63, 3.8) is 0 Å². The number of nitrogens with one attached hydrogen (secondary N) is 3. The highest BCUT2D eigenvalue weighted by molar-refractivity contribution is 6.36. The number of aliphatic imine (C=N–C) groups is 3. The van der Waals surface area contributed by atoms with Crippen LogP contribution in [0.3, 0.4) is 0 Å². The molecule has 1 saturated heterocycles. The lowest BCUT2D eigenvalue weighted by Gasteiger charge is -2.22. The van der Waals surface area contributed by atoms with Gasteiger partial charge in [-0.1, -0.05) is 0 Å². The highest BCUT2D eigenvalue weighted by Crippen LogP contribution is 2.48. The Balaban J connectivity index is 1.27. The summed E-state index contributed by atoms with van der Waals surface area (Å²) >= 11 is 13.6. The fourth-order valence-corrected chi connectivity index (χ4v) is 12.4. The Morgan fingerprint density at radius 1 is 0.250 bits per heavy atom. The lowest BCUT2D eigenvalue weighted by molar-refractivity contribution is 0.375. The molecule has 6 aromatic carbocycles. The molecule has 0 spiro atoms. The number of benzene rings is 6. The molecular weight excluding hydrogens is 1520 g/mol. The van der Waals surface area contributed by atoms with Crippen molar-refractivity contribution in [2.24, 2.45) is 15.0 Å². The smallest absolute Gasteiger partial charge is 0.200 e. The van der Waals surface area contributed by atoms with Crippen molar-refractivity contribution < 1.29 is 132 Å². The topological polar surface area (TPSA) is 80.7 Å². The molecule has 2 aromatic heterocycles. The van der Waals surface area contributed by atoms with Gasteiger partial charge in [0, 0.05) is 61.2 Å². The summed E-state index contributed by atoms with van der Waals surface area (Å²) < 4.78 is 475. The first-order valence-corrected chi connectivity index (χ1v) is 28.9. The zero-order valence-corrected chi connectivity index (χ0v) is 50.5. The van der Waals surface area contributed by atoms with E-state index in [0.29, 0.717) is 60.7 Å².